The van der Waals surface area contributed by atoms with E-state index in [1.165, 1.54) is 6.33 Å². The van der Waals surface area contributed by atoms with Gasteiger partial charge in [0.2, 0.25) is 5.88 Å². The summed E-state index contributed by atoms with van der Waals surface area (Å²) in [5.74, 6) is -0.134. The number of hydrogen-bond acceptors (Lipinski definition) is 7. The van der Waals surface area contributed by atoms with Gasteiger partial charge in [-0.1, -0.05) is 0 Å². The number of nitrogens with one attached hydrogen (secondary N) is 2. The Balaban J connectivity index is 0.00000200. The third kappa shape index (κ3) is 3.35. The van der Waals surface area contributed by atoms with E-state index >= 15 is 0 Å². The molecule has 0 aliphatic rings. The van der Waals surface area contributed by atoms with Gasteiger partial charge in [-0.2, -0.15) is 0 Å². The minimum absolute atomic E-state index is 0. The van der Waals surface area contributed by atoms with Gasteiger partial charge in [0.05, 0.1) is 30.9 Å². The van der Waals surface area contributed by atoms with Gasteiger partial charge in [-0.25, -0.2) is 9.97 Å². The summed E-state index contributed by atoms with van der Waals surface area (Å²) in [5.41, 5.74) is 1.76. The van der Waals surface area contributed by atoms with Crippen LogP contribution in [-0.2, 0) is 6.54 Å². The molecular weight excluding hydrogens is 288 g/mol. The maximum Gasteiger partial charge on any atom is 0.239 e. The van der Waals surface area contributed by atoms with Crippen LogP contribution in [0, 0.1) is 0 Å². The first-order valence-electron chi connectivity index (χ1n) is 5.80. The van der Waals surface area contributed by atoms with Crippen LogP contribution in [0.15, 0.2) is 12.5 Å². The summed E-state index contributed by atoms with van der Waals surface area (Å²) in [6, 6.07) is -0.634. The molecule has 0 spiro atoms. The van der Waals surface area contributed by atoms with Crippen molar-refractivity contribution in [2.75, 3.05) is 13.2 Å². The van der Waals surface area contributed by atoms with Crippen molar-refractivity contribution in [3.8, 4) is 5.88 Å². The fourth-order valence-corrected chi connectivity index (χ4v) is 1.81. The second-order valence-corrected chi connectivity index (χ2v) is 4.15. The molecule has 2 rings (SSSR count). The molecule has 2 atom stereocenters. The van der Waals surface area contributed by atoms with Gasteiger partial charge in [-0.3, -0.25) is 0 Å². The monoisotopic (exact) mass is 304 g/mol. The third-order valence-electron chi connectivity index (χ3n) is 2.93. The van der Waals surface area contributed by atoms with Crippen molar-refractivity contribution >= 4 is 23.4 Å². The largest absolute Gasteiger partial charge is 0.492 e. The normalized spacial score (nSPS) is 13.9. The topological polar surface area (TPSA) is 135 Å². The van der Waals surface area contributed by atoms with Crippen LogP contribution in [0.2, 0.25) is 0 Å². The Hall–Kier alpha value is -1.45. The first-order valence-corrected chi connectivity index (χ1v) is 5.80. The van der Waals surface area contributed by atoms with Gasteiger partial charge in [0.25, 0.3) is 0 Å². The predicted octanol–water partition coefficient (Wildman–Crippen LogP) is -1.11. The molecule has 0 amide bonds. The zero-order valence-corrected chi connectivity index (χ0v) is 11.3. The first kappa shape index (κ1) is 16.6. The lowest BCUT2D eigenvalue weighted by molar-refractivity contribution is 0.0411. The van der Waals surface area contributed by atoms with E-state index in [0.717, 1.165) is 5.56 Å². The Labute approximate surface area is 120 Å². The standard InChI is InChI=1S/C11H16N4O4.ClH/c16-3-7(8(18)4-17)12-1-6-2-13-10-9(6)14-5-15-11(10)19;/h2,5,7-8,12-13,16-18H,1,3-4H2,(H,14,15,19);1H/t7-,8+;/m1./s1. The van der Waals surface area contributed by atoms with Gasteiger partial charge in [0, 0.05) is 18.3 Å². The van der Waals surface area contributed by atoms with Crippen LogP contribution in [0.1, 0.15) is 5.56 Å². The number of aromatic amines is 1. The molecule has 8 nitrogen and oxygen atoms in total. The number of H-pyrrole nitrogens is 1. The molecule has 2 aromatic rings. The lowest BCUT2D eigenvalue weighted by Crippen LogP contribution is -2.44. The molecule has 20 heavy (non-hydrogen) atoms. The molecule has 6 N–H and O–H groups in total. The average molecular weight is 305 g/mol. The van der Waals surface area contributed by atoms with Crippen molar-refractivity contribution in [1.29, 1.82) is 0 Å². The summed E-state index contributed by atoms with van der Waals surface area (Å²) < 4.78 is 0. The van der Waals surface area contributed by atoms with Gasteiger partial charge < -0.3 is 30.7 Å². The Morgan fingerprint density at radius 2 is 2.00 bits per heavy atom. The fourth-order valence-electron chi connectivity index (χ4n) is 1.81. The van der Waals surface area contributed by atoms with E-state index in [1.54, 1.807) is 6.20 Å². The first-order chi connectivity index (χ1) is 9.17. The summed E-state index contributed by atoms with van der Waals surface area (Å²) in [4.78, 5) is 10.6. The number of hydrogen-bond donors (Lipinski definition) is 6. The number of aliphatic hydroxyl groups is 3. The highest BCUT2D eigenvalue weighted by Gasteiger charge is 2.18. The number of halogens is 1. The molecule has 0 aromatic carbocycles. The van der Waals surface area contributed by atoms with Crippen LogP contribution < -0.4 is 5.32 Å². The van der Waals surface area contributed by atoms with Gasteiger partial charge >= 0.3 is 0 Å². The second kappa shape index (κ2) is 7.36. The van der Waals surface area contributed by atoms with E-state index in [9.17, 15) is 10.2 Å². The van der Waals surface area contributed by atoms with Crippen LogP contribution in [0.4, 0.5) is 0 Å². The van der Waals surface area contributed by atoms with E-state index in [0.29, 0.717) is 17.6 Å². The van der Waals surface area contributed by atoms with Gasteiger partial charge in [0.1, 0.15) is 11.8 Å². The van der Waals surface area contributed by atoms with Crippen LogP contribution in [0.25, 0.3) is 11.0 Å². The smallest absolute Gasteiger partial charge is 0.239 e. The Kier molecular flexibility index (Phi) is 6.11. The molecule has 2 aromatic heterocycles. The lowest BCUT2D eigenvalue weighted by atomic mass is 10.1. The van der Waals surface area contributed by atoms with Crippen LogP contribution in [0.5, 0.6) is 5.88 Å². The highest BCUT2D eigenvalue weighted by atomic mass is 35.5. The van der Waals surface area contributed by atoms with E-state index in [-0.39, 0.29) is 24.9 Å². The summed E-state index contributed by atoms with van der Waals surface area (Å²) in [5, 5.41) is 39.8. The zero-order valence-electron chi connectivity index (χ0n) is 10.5. The Morgan fingerprint density at radius 3 is 2.65 bits per heavy atom. The fraction of sp³-hybridized carbons (Fsp3) is 0.455. The average Bonchev–Trinajstić information content (AvgIpc) is 2.84. The summed E-state index contributed by atoms with van der Waals surface area (Å²) in [6.07, 6.45) is 1.87. The van der Waals surface area contributed by atoms with Crippen LogP contribution >= 0.6 is 12.4 Å². The van der Waals surface area contributed by atoms with Crippen molar-refractivity contribution in [2.45, 2.75) is 18.7 Å². The highest BCUT2D eigenvalue weighted by molar-refractivity contribution is 5.85. The van der Waals surface area contributed by atoms with Crippen molar-refractivity contribution in [3.05, 3.63) is 18.1 Å². The minimum Gasteiger partial charge on any atom is -0.492 e. The highest BCUT2D eigenvalue weighted by Crippen LogP contribution is 2.21. The van der Waals surface area contributed by atoms with E-state index in [4.69, 9.17) is 10.2 Å². The van der Waals surface area contributed by atoms with Crippen molar-refractivity contribution < 1.29 is 20.4 Å². The van der Waals surface area contributed by atoms with Gasteiger partial charge in [0.15, 0.2) is 0 Å². The number of rotatable bonds is 6. The lowest BCUT2D eigenvalue weighted by Gasteiger charge is -2.20. The van der Waals surface area contributed by atoms with E-state index in [1.807, 2.05) is 0 Å². The Morgan fingerprint density at radius 1 is 1.25 bits per heavy atom. The number of aliphatic hydroxyl groups excluding tert-OH is 3. The molecule has 2 heterocycles. The molecule has 112 valence electrons. The molecule has 0 radical (unpaired) electrons. The van der Waals surface area contributed by atoms with E-state index in [2.05, 4.69) is 20.3 Å². The summed E-state index contributed by atoms with van der Waals surface area (Å²) in [7, 11) is 0. The molecule has 0 saturated carbocycles. The number of fused-ring (bicyclic) bond motifs is 1. The SMILES string of the molecule is Cl.OC[C@H](O)[C@@H](CO)NCc1c[nH]c2c(O)ncnc12. The van der Waals surface area contributed by atoms with Crippen LogP contribution in [0.3, 0.4) is 0 Å². The number of aromatic nitrogens is 3. The van der Waals surface area contributed by atoms with Gasteiger partial charge in [-0.05, 0) is 0 Å². The molecule has 0 fully saturated rings. The zero-order chi connectivity index (χ0) is 13.8. The second-order valence-electron chi connectivity index (χ2n) is 4.15. The summed E-state index contributed by atoms with van der Waals surface area (Å²) >= 11 is 0. The molecule has 9 heteroatoms. The van der Waals surface area contributed by atoms with Crippen molar-refractivity contribution in [3.63, 3.8) is 0 Å². The molecule has 0 aliphatic heterocycles. The van der Waals surface area contributed by atoms with Crippen molar-refractivity contribution in [2.24, 2.45) is 0 Å². The predicted molar refractivity (Wildman–Crippen MR) is 73.6 cm³/mol. The quantitative estimate of drug-likeness (QED) is 0.398. The maximum absolute atomic E-state index is 9.52. The number of aromatic hydroxyl groups is 1. The molecule has 0 bridgehead atoms. The minimum atomic E-state index is -1.04. The third-order valence-corrected chi connectivity index (χ3v) is 2.93. The molecule has 0 unspecified atom stereocenters. The summed E-state index contributed by atoms with van der Waals surface area (Å²) in [6.45, 7) is -0.419. The van der Waals surface area contributed by atoms with Crippen molar-refractivity contribution in [1.82, 2.24) is 20.3 Å². The maximum atomic E-state index is 9.52. The molecule has 0 aliphatic carbocycles. The van der Waals surface area contributed by atoms with Crippen LogP contribution in [-0.4, -0.2) is 60.7 Å². The molecular formula is C11H17ClN4O4. The molecule has 0 saturated heterocycles. The Bertz CT molecular complexity index is 550. The van der Waals surface area contributed by atoms with E-state index < -0.39 is 18.8 Å². The number of nitrogens with zero attached hydrogens (tertiary/aromatic N) is 2. The van der Waals surface area contributed by atoms with Gasteiger partial charge in [-0.15, -0.1) is 12.4 Å².